The summed E-state index contributed by atoms with van der Waals surface area (Å²) in [5, 5.41) is 10.4. The lowest BCUT2D eigenvalue weighted by Crippen LogP contribution is -2.50. The van der Waals surface area contributed by atoms with Crippen LogP contribution in [0.4, 0.5) is 13.2 Å². The van der Waals surface area contributed by atoms with Crippen LogP contribution in [0.25, 0.3) is 11.1 Å². The van der Waals surface area contributed by atoms with Gasteiger partial charge in [-0.25, -0.2) is 4.79 Å². The number of halogens is 3. The predicted molar refractivity (Wildman–Crippen MR) is 148 cm³/mol. The van der Waals surface area contributed by atoms with Gasteiger partial charge < -0.3 is 29.4 Å². The normalized spacial score (nSPS) is 15.8. The molecule has 5 rings (SSSR count). The van der Waals surface area contributed by atoms with E-state index in [-0.39, 0.29) is 18.0 Å². The summed E-state index contributed by atoms with van der Waals surface area (Å²) in [5.74, 6) is -0.509. The quantitative estimate of drug-likeness (QED) is 0.329. The molecule has 0 aromatic heterocycles. The maximum Gasteiger partial charge on any atom is 0.490 e. The van der Waals surface area contributed by atoms with Crippen molar-refractivity contribution in [1.29, 1.82) is 0 Å². The van der Waals surface area contributed by atoms with E-state index in [0.29, 0.717) is 19.6 Å². The number of ether oxygens (including phenoxy) is 4. The molecule has 0 saturated carbocycles. The lowest BCUT2D eigenvalue weighted by Gasteiger charge is -2.28. The van der Waals surface area contributed by atoms with Crippen LogP contribution in [-0.2, 0) is 20.9 Å². The number of hydrogen-bond donors (Lipinski definition) is 2. The number of aryl methyl sites for hydroxylation is 2. The molecule has 42 heavy (non-hydrogen) atoms. The van der Waals surface area contributed by atoms with Crippen molar-refractivity contribution in [1.82, 2.24) is 5.32 Å². The number of carboxylic acids is 1. The fraction of sp³-hybridized carbons (Fsp3) is 0.355. The molecule has 0 radical (unpaired) electrons. The summed E-state index contributed by atoms with van der Waals surface area (Å²) in [4.78, 5) is 20.5. The van der Waals surface area contributed by atoms with Crippen molar-refractivity contribution in [3.63, 3.8) is 0 Å². The largest absolute Gasteiger partial charge is 0.492 e. The van der Waals surface area contributed by atoms with Crippen LogP contribution in [0.3, 0.4) is 0 Å². The molecule has 2 aliphatic rings. The van der Waals surface area contributed by atoms with E-state index in [1.165, 1.54) is 29.4 Å². The summed E-state index contributed by atoms with van der Waals surface area (Å²) in [6.07, 6.45) is -4.50. The number of aliphatic carboxylic acids is 1. The maximum atomic E-state index is 11.6. The third-order valence-corrected chi connectivity index (χ3v) is 6.92. The van der Waals surface area contributed by atoms with Gasteiger partial charge in [0.15, 0.2) is 0 Å². The lowest BCUT2D eigenvalue weighted by molar-refractivity contribution is -0.192. The summed E-state index contributed by atoms with van der Waals surface area (Å²) in [6, 6.07) is 18.5. The number of rotatable bonds is 8. The standard InChI is InChI=1S/C29H31NO5.C2HF3O2/c1-18-9-24(35-25-14-30-15-25)10-19(2)29(18)21-6-4-5-20(11-21)16-33-23-7-8-26-22(12-28(31)32-3)17-34-27(26)13-23;3-2(4,5)1(6)7/h4-11,13,22,25,30H,12,14-17H2,1-3H3;(H,6,7)/t22-;/m1./s1/i;1+2. The van der Waals surface area contributed by atoms with Crippen molar-refractivity contribution in [3.05, 3.63) is 76.9 Å². The molecule has 1 atom stereocenters. The summed E-state index contributed by atoms with van der Waals surface area (Å²) >= 11 is 0. The smallest absolute Gasteiger partial charge is 0.490 e. The van der Waals surface area contributed by atoms with Gasteiger partial charge in [0, 0.05) is 30.6 Å². The van der Waals surface area contributed by atoms with Crippen LogP contribution in [0, 0.1) is 13.8 Å². The number of carboxylic acid groups (broad SMARTS) is 1. The van der Waals surface area contributed by atoms with Gasteiger partial charge in [-0.2, -0.15) is 13.2 Å². The van der Waals surface area contributed by atoms with E-state index >= 15 is 0 Å². The topological polar surface area (TPSA) is 103 Å². The van der Waals surface area contributed by atoms with Gasteiger partial charge in [-0.05, 0) is 65.9 Å². The highest BCUT2D eigenvalue weighted by atomic mass is 19.4. The molecule has 11 heteroatoms. The van der Waals surface area contributed by atoms with Crippen LogP contribution in [-0.4, -0.2) is 56.1 Å². The van der Waals surface area contributed by atoms with Crippen molar-refractivity contribution in [2.45, 2.75) is 45.1 Å². The molecule has 2 aliphatic heterocycles. The highest BCUT2D eigenvalue weighted by molar-refractivity contribution is 5.73. The zero-order valence-corrected chi connectivity index (χ0v) is 23.4. The van der Waals surface area contributed by atoms with E-state index in [4.69, 9.17) is 28.8 Å². The number of carbonyl (C=O) groups excluding carboxylic acids is 1. The minimum atomic E-state index is -5.08. The Kier molecular flexibility index (Phi) is 9.62. The zero-order chi connectivity index (χ0) is 30.4. The van der Waals surface area contributed by atoms with E-state index in [1.54, 1.807) is 0 Å². The van der Waals surface area contributed by atoms with E-state index in [2.05, 4.69) is 55.6 Å². The van der Waals surface area contributed by atoms with Crippen molar-refractivity contribution >= 4 is 11.9 Å². The molecule has 0 spiro atoms. The van der Waals surface area contributed by atoms with Crippen LogP contribution in [0.5, 0.6) is 17.2 Å². The number of methoxy groups -OCH3 is 1. The third-order valence-electron chi connectivity index (χ3n) is 6.92. The Hall–Kier alpha value is -4.25. The summed E-state index contributed by atoms with van der Waals surface area (Å²) in [7, 11) is 1.41. The third kappa shape index (κ3) is 7.73. The Morgan fingerprint density at radius 1 is 1.07 bits per heavy atom. The average molecular weight is 590 g/mol. The second-order valence-corrected chi connectivity index (χ2v) is 10.1. The Labute approximate surface area is 241 Å². The summed E-state index contributed by atoms with van der Waals surface area (Å²) in [5.41, 5.74) is 6.91. The first kappa shape index (κ1) is 30.7. The fourth-order valence-corrected chi connectivity index (χ4v) is 4.77. The highest BCUT2D eigenvalue weighted by Crippen LogP contribution is 2.39. The molecule has 3 aromatic rings. The molecule has 224 valence electrons. The predicted octanol–water partition coefficient (Wildman–Crippen LogP) is 5.57. The van der Waals surface area contributed by atoms with Crippen molar-refractivity contribution in [2.24, 2.45) is 0 Å². The molecule has 0 amide bonds. The molecule has 2 N–H and O–H groups in total. The number of alkyl halides is 3. The average Bonchev–Trinajstić information content (AvgIpc) is 3.31. The lowest BCUT2D eigenvalue weighted by atomic mass is 9.94. The summed E-state index contributed by atoms with van der Waals surface area (Å²) < 4.78 is 54.5. The molecule has 2 heterocycles. The van der Waals surface area contributed by atoms with Gasteiger partial charge in [0.05, 0.1) is 20.1 Å². The number of carbonyl (C=O) groups is 2. The second kappa shape index (κ2) is 13.2. The number of benzene rings is 3. The first-order valence-corrected chi connectivity index (χ1v) is 13.3. The van der Waals surface area contributed by atoms with Gasteiger partial charge in [0.1, 0.15) is 30.0 Å². The molecular formula is C31H32F3NO7. The number of esters is 1. The van der Waals surface area contributed by atoms with Gasteiger partial charge in [0.2, 0.25) is 0 Å². The maximum absolute atomic E-state index is 11.6. The molecule has 1 saturated heterocycles. The van der Waals surface area contributed by atoms with E-state index in [1.807, 2.05) is 18.2 Å². The summed E-state index contributed by atoms with van der Waals surface area (Å²) in [6.45, 7) is 7.02. The molecule has 0 bridgehead atoms. The molecule has 1 fully saturated rings. The first-order valence-electron chi connectivity index (χ1n) is 13.3. The van der Waals surface area contributed by atoms with Crippen LogP contribution >= 0.6 is 0 Å². The molecule has 3 aromatic carbocycles. The van der Waals surface area contributed by atoms with Crippen LogP contribution in [0.15, 0.2) is 54.6 Å². The second-order valence-electron chi connectivity index (χ2n) is 10.1. The van der Waals surface area contributed by atoms with E-state index < -0.39 is 12.1 Å². The molecule has 8 nitrogen and oxygen atoms in total. The van der Waals surface area contributed by atoms with Gasteiger partial charge >= 0.3 is 18.1 Å². The van der Waals surface area contributed by atoms with Crippen LogP contribution in [0.2, 0.25) is 0 Å². The van der Waals surface area contributed by atoms with Crippen molar-refractivity contribution < 1.29 is 46.8 Å². The van der Waals surface area contributed by atoms with E-state index in [9.17, 15) is 18.0 Å². The van der Waals surface area contributed by atoms with Gasteiger partial charge in [0.25, 0.3) is 0 Å². The van der Waals surface area contributed by atoms with Gasteiger partial charge in [-0.15, -0.1) is 0 Å². The Morgan fingerprint density at radius 2 is 1.76 bits per heavy atom. The van der Waals surface area contributed by atoms with Crippen molar-refractivity contribution in [3.8, 4) is 28.4 Å². The monoisotopic (exact) mass is 589 g/mol. The minimum Gasteiger partial charge on any atom is -0.492 e. The van der Waals surface area contributed by atoms with Crippen molar-refractivity contribution in [2.75, 3.05) is 26.8 Å². The van der Waals surface area contributed by atoms with Gasteiger partial charge in [-0.1, -0.05) is 24.3 Å². The number of nitrogens with one attached hydrogen (secondary N) is 1. The molecule has 0 unspecified atom stereocenters. The van der Waals surface area contributed by atoms with Crippen LogP contribution < -0.4 is 19.5 Å². The highest BCUT2D eigenvalue weighted by Gasteiger charge is 2.38. The first-order chi connectivity index (χ1) is 19.9. The van der Waals surface area contributed by atoms with E-state index in [0.717, 1.165) is 41.5 Å². The Bertz CT molecular complexity index is 1410. The minimum absolute atomic E-state index is 0.0248. The van der Waals surface area contributed by atoms with Gasteiger partial charge in [-0.3, -0.25) is 4.79 Å². The molecule has 0 aliphatic carbocycles. The number of hydrogen-bond acceptors (Lipinski definition) is 7. The zero-order valence-electron chi connectivity index (χ0n) is 23.4. The number of fused-ring (bicyclic) bond motifs is 1. The Balaban J connectivity index is 0.000000517. The Morgan fingerprint density at radius 3 is 2.36 bits per heavy atom. The fourth-order valence-electron chi connectivity index (χ4n) is 4.77. The SMILES string of the molecule is COC(=O)C[C@@H]1COc2cc(OCc3cccc(-c4c(C)cc(OC5CNC5)cc4C)c3)ccc21.O=[14C](O)C(F)(F)F. The van der Waals surface area contributed by atoms with Crippen LogP contribution in [0.1, 0.15) is 34.6 Å². The molecular weight excluding hydrogens is 557 g/mol.